The van der Waals surface area contributed by atoms with Gasteiger partial charge >= 0.3 is 0 Å². The average Bonchev–Trinajstić information content (AvgIpc) is 2.72. The topological polar surface area (TPSA) is 29.5 Å². The zero-order valence-electron chi connectivity index (χ0n) is 13.6. The van der Waals surface area contributed by atoms with Crippen molar-refractivity contribution in [3.63, 3.8) is 0 Å². The summed E-state index contributed by atoms with van der Waals surface area (Å²) in [6.45, 7) is 8.19. The Morgan fingerprint density at radius 2 is 1.75 bits per heavy atom. The van der Waals surface area contributed by atoms with Crippen molar-refractivity contribution >= 4 is 0 Å². The second-order valence-electron chi connectivity index (χ2n) is 8.45. The smallest absolute Gasteiger partial charge is 0.165 e. The molecule has 0 saturated heterocycles. The summed E-state index contributed by atoms with van der Waals surface area (Å²) in [5.74, 6) is 0.908. The molecule has 0 aromatic heterocycles. The maximum Gasteiger partial charge on any atom is 0.165 e. The highest BCUT2D eigenvalue weighted by Crippen LogP contribution is 2.68. The molecule has 3 aliphatic carbocycles. The van der Waals surface area contributed by atoms with Crippen LogP contribution >= 0.6 is 0 Å². The summed E-state index contributed by atoms with van der Waals surface area (Å²) in [6.07, 6.45) is 10.5. The second-order valence-corrected chi connectivity index (χ2v) is 8.45. The summed E-state index contributed by atoms with van der Waals surface area (Å²) in [5.41, 5.74) is 0.996. The molecule has 0 aromatic carbocycles. The van der Waals surface area contributed by atoms with Crippen LogP contribution in [-0.4, -0.2) is 17.5 Å². The Kier molecular flexibility index (Phi) is 3.70. The number of aliphatic hydroxyl groups is 1. The summed E-state index contributed by atoms with van der Waals surface area (Å²) in [5, 5.41) is 10.4. The molecule has 0 aromatic rings. The lowest BCUT2D eigenvalue weighted by Gasteiger charge is -2.40. The molecule has 0 aliphatic heterocycles. The maximum atomic E-state index is 10.4. The highest BCUT2D eigenvalue weighted by Gasteiger charge is 2.60. The molecule has 116 valence electrons. The Hall–Kier alpha value is -0.0800. The first kappa shape index (κ1) is 14.8. The molecule has 2 heteroatoms. The first-order valence-electron chi connectivity index (χ1n) is 8.74. The normalized spacial score (nSPS) is 42.0. The van der Waals surface area contributed by atoms with E-state index in [1.54, 1.807) is 0 Å². The number of hydrogen-bond acceptors (Lipinski definition) is 2. The van der Waals surface area contributed by atoms with E-state index in [2.05, 4.69) is 20.8 Å². The molecule has 3 fully saturated rings. The van der Waals surface area contributed by atoms with Gasteiger partial charge in [-0.05, 0) is 61.2 Å². The molecule has 3 rings (SSSR count). The molecular formula is C18H32O2. The number of hydrogen-bond donors (Lipinski definition) is 1. The largest absolute Gasteiger partial charge is 0.365 e. The van der Waals surface area contributed by atoms with Gasteiger partial charge in [0.2, 0.25) is 0 Å². The molecule has 0 amide bonds. The maximum absolute atomic E-state index is 10.4. The molecule has 0 heterocycles. The molecule has 3 saturated carbocycles. The minimum atomic E-state index is -0.799. The van der Waals surface area contributed by atoms with Crippen LogP contribution in [0.2, 0.25) is 0 Å². The van der Waals surface area contributed by atoms with Gasteiger partial charge in [-0.3, -0.25) is 0 Å². The highest BCUT2D eigenvalue weighted by molar-refractivity contribution is 5.09. The molecule has 2 bridgehead atoms. The predicted octanol–water partition coefficient (Wildman–Crippen LogP) is 4.51. The van der Waals surface area contributed by atoms with E-state index in [9.17, 15) is 5.11 Å². The molecule has 20 heavy (non-hydrogen) atoms. The van der Waals surface area contributed by atoms with Crippen LogP contribution in [-0.2, 0) is 4.74 Å². The van der Waals surface area contributed by atoms with E-state index >= 15 is 0 Å². The minimum Gasteiger partial charge on any atom is -0.365 e. The third-order valence-electron chi connectivity index (χ3n) is 7.45. The average molecular weight is 280 g/mol. The van der Waals surface area contributed by atoms with Crippen molar-refractivity contribution in [1.82, 2.24) is 0 Å². The number of fused-ring (bicyclic) bond motifs is 2. The van der Waals surface area contributed by atoms with E-state index in [4.69, 9.17) is 4.74 Å². The van der Waals surface area contributed by atoms with Crippen molar-refractivity contribution in [2.24, 2.45) is 22.7 Å². The van der Waals surface area contributed by atoms with Crippen LogP contribution < -0.4 is 0 Å². The summed E-state index contributed by atoms with van der Waals surface area (Å²) in [7, 11) is 0. The van der Waals surface area contributed by atoms with Crippen molar-refractivity contribution in [2.75, 3.05) is 6.61 Å². The van der Waals surface area contributed by atoms with Crippen LogP contribution in [0.15, 0.2) is 0 Å². The molecule has 3 aliphatic rings. The molecule has 3 atom stereocenters. The van der Waals surface area contributed by atoms with Gasteiger partial charge in [0.1, 0.15) is 0 Å². The fourth-order valence-corrected chi connectivity index (χ4v) is 5.45. The monoisotopic (exact) mass is 280 g/mol. The Bertz CT molecular complexity index is 356. The van der Waals surface area contributed by atoms with Gasteiger partial charge in [0, 0.05) is 12.8 Å². The molecule has 0 radical (unpaired) electrons. The van der Waals surface area contributed by atoms with Crippen LogP contribution in [0.5, 0.6) is 0 Å². The summed E-state index contributed by atoms with van der Waals surface area (Å²) in [4.78, 5) is 0. The lowest BCUT2D eigenvalue weighted by atomic mass is 9.66. The SMILES string of the molecule is CC1(C)[C@H]2CC[C@]1(C)[C@@H](CCOC1(O)CCCCC1)C2. The van der Waals surface area contributed by atoms with Gasteiger partial charge < -0.3 is 9.84 Å². The van der Waals surface area contributed by atoms with Gasteiger partial charge in [0.05, 0.1) is 6.61 Å². The number of ether oxygens (including phenoxy) is 1. The molecule has 1 N–H and O–H groups in total. The van der Waals surface area contributed by atoms with Crippen molar-refractivity contribution in [3.05, 3.63) is 0 Å². The van der Waals surface area contributed by atoms with Crippen LogP contribution in [0.3, 0.4) is 0 Å². The number of rotatable bonds is 4. The third kappa shape index (κ3) is 2.23. The van der Waals surface area contributed by atoms with Crippen LogP contribution in [0.1, 0.15) is 78.6 Å². The second kappa shape index (κ2) is 4.98. The third-order valence-corrected chi connectivity index (χ3v) is 7.45. The molecular weight excluding hydrogens is 248 g/mol. The van der Waals surface area contributed by atoms with Gasteiger partial charge in [-0.1, -0.05) is 27.2 Å². The van der Waals surface area contributed by atoms with Crippen molar-refractivity contribution < 1.29 is 9.84 Å². The molecule has 0 unspecified atom stereocenters. The standard InChI is InChI=1S/C18H32O2/c1-16(2)14-7-11-17(16,3)15(13-14)8-12-20-18(19)9-5-4-6-10-18/h14-15,19H,4-13H2,1-3H3/t14-,15-,17+/m0/s1. The lowest BCUT2D eigenvalue weighted by molar-refractivity contribution is -0.222. The summed E-state index contributed by atoms with van der Waals surface area (Å²) in [6, 6.07) is 0. The summed E-state index contributed by atoms with van der Waals surface area (Å²) < 4.78 is 5.91. The van der Waals surface area contributed by atoms with Crippen molar-refractivity contribution in [2.45, 2.75) is 84.3 Å². The van der Waals surface area contributed by atoms with Gasteiger partial charge in [-0.15, -0.1) is 0 Å². The first-order chi connectivity index (χ1) is 9.37. The van der Waals surface area contributed by atoms with Crippen molar-refractivity contribution in [3.8, 4) is 0 Å². The quantitative estimate of drug-likeness (QED) is 0.768. The highest BCUT2D eigenvalue weighted by atomic mass is 16.6. The van der Waals surface area contributed by atoms with Crippen LogP contribution in [0, 0.1) is 22.7 Å². The molecule has 0 spiro atoms. The van der Waals surface area contributed by atoms with E-state index in [0.29, 0.717) is 10.8 Å². The van der Waals surface area contributed by atoms with Gasteiger partial charge in [0.25, 0.3) is 0 Å². The summed E-state index contributed by atoms with van der Waals surface area (Å²) >= 11 is 0. The van der Waals surface area contributed by atoms with E-state index < -0.39 is 5.79 Å². The minimum absolute atomic E-state index is 0.496. The van der Waals surface area contributed by atoms with E-state index in [1.807, 2.05) is 0 Å². The Morgan fingerprint density at radius 1 is 1.05 bits per heavy atom. The van der Waals surface area contributed by atoms with Crippen LogP contribution in [0.4, 0.5) is 0 Å². The van der Waals surface area contributed by atoms with Gasteiger partial charge in [-0.2, -0.15) is 0 Å². The van der Waals surface area contributed by atoms with E-state index in [-0.39, 0.29) is 0 Å². The zero-order valence-corrected chi connectivity index (χ0v) is 13.6. The zero-order chi connectivity index (χ0) is 14.4. The first-order valence-corrected chi connectivity index (χ1v) is 8.74. The molecule has 2 nitrogen and oxygen atoms in total. The van der Waals surface area contributed by atoms with Gasteiger partial charge in [-0.25, -0.2) is 0 Å². The van der Waals surface area contributed by atoms with Crippen LogP contribution in [0.25, 0.3) is 0 Å². The Balaban J connectivity index is 1.53. The fourth-order valence-electron chi connectivity index (χ4n) is 5.45. The Morgan fingerprint density at radius 3 is 2.30 bits per heavy atom. The lowest BCUT2D eigenvalue weighted by Crippen LogP contribution is -2.37. The Labute approximate surface area is 124 Å². The predicted molar refractivity (Wildman–Crippen MR) is 81.3 cm³/mol. The van der Waals surface area contributed by atoms with Crippen molar-refractivity contribution in [1.29, 1.82) is 0 Å². The van der Waals surface area contributed by atoms with E-state index in [1.165, 1.54) is 25.7 Å². The fraction of sp³-hybridized carbons (Fsp3) is 1.00. The van der Waals surface area contributed by atoms with Gasteiger partial charge in [0.15, 0.2) is 5.79 Å². The van der Waals surface area contributed by atoms with E-state index in [0.717, 1.165) is 50.5 Å².